The van der Waals surface area contributed by atoms with Crippen LogP contribution in [0, 0.1) is 0 Å². The molecule has 0 amide bonds. The maximum Gasteiger partial charge on any atom is -0.00848 e. The fourth-order valence-corrected chi connectivity index (χ4v) is 0. The highest BCUT2D eigenvalue weighted by Gasteiger charge is 0.949. The van der Waals surface area contributed by atoms with Gasteiger partial charge in [0.15, 0.2) is 0 Å². The molecule has 0 saturated carbocycles. The van der Waals surface area contributed by atoms with Gasteiger partial charge in [0.2, 0.25) is 0 Å². The molecule has 0 aromatic carbocycles. The number of halogens is 1. The van der Waals surface area contributed by atoms with Crippen molar-refractivity contribution < 1.29 is 0 Å². The first-order chi connectivity index (χ1) is 2.00. The zero-order valence-electron chi connectivity index (χ0n) is 3.38. The standard InChI is InChI=1S/C2H6.CH3Br/c2*1-2/h1-2H3;1H3. The molecule has 0 saturated heterocycles. The van der Waals surface area contributed by atoms with Crippen LogP contribution in [0.3, 0.4) is 0 Å². The van der Waals surface area contributed by atoms with Crippen LogP contribution >= 0.6 is 15.9 Å². The van der Waals surface area contributed by atoms with Crippen LogP contribution in [0.2, 0.25) is 0 Å². The van der Waals surface area contributed by atoms with E-state index in [0.29, 0.717) is 0 Å². The van der Waals surface area contributed by atoms with Crippen molar-refractivity contribution in [2.45, 2.75) is 13.8 Å². The molecular formula is C3H9Br. The van der Waals surface area contributed by atoms with Crippen molar-refractivity contribution in [2.24, 2.45) is 0 Å². The molecule has 0 aromatic heterocycles. The first kappa shape index (κ1) is 8.82. The summed E-state index contributed by atoms with van der Waals surface area (Å²) in [5.74, 6) is 1.81. The fourth-order valence-electron chi connectivity index (χ4n) is 0. The molecule has 4 heavy (non-hydrogen) atoms. The minimum Gasteiger partial charge on any atom is -0.0966 e. The van der Waals surface area contributed by atoms with E-state index in [1.165, 1.54) is 0 Å². The van der Waals surface area contributed by atoms with Gasteiger partial charge in [0.1, 0.15) is 0 Å². The van der Waals surface area contributed by atoms with Crippen LogP contribution in [0.4, 0.5) is 0 Å². The lowest BCUT2D eigenvalue weighted by Crippen LogP contribution is -0.856. The first-order valence-corrected chi connectivity index (χ1v) is 2.96. The molecule has 0 atom stereocenters. The second kappa shape index (κ2) is 92.9. The Morgan fingerprint density at radius 3 is 1.00 bits per heavy atom. The van der Waals surface area contributed by atoms with E-state index < -0.39 is 0 Å². The molecule has 28 valence electrons. The van der Waals surface area contributed by atoms with Crippen molar-refractivity contribution in [1.82, 2.24) is 0 Å². The fraction of sp³-hybridized carbons (Fsp3) is 1.00. The van der Waals surface area contributed by atoms with E-state index in [9.17, 15) is 0 Å². The molecule has 0 aliphatic carbocycles. The van der Waals surface area contributed by atoms with Crippen molar-refractivity contribution in [3.05, 3.63) is 0 Å². The number of alkyl halides is 1. The minimum absolute atomic E-state index is 1.81. The van der Waals surface area contributed by atoms with Crippen LogP contribution in [0.1, 0.15) is 13.8 Å². The SMILES string of the molecule is CBr.CC. The van der Waals surface area contributed by atoms with Crippen LogP contribution in [0.25, 0.3) is 0 Å². The summed E-state index contributed by atoms with van der Waals surface area (Å²) in [5, 5.41) is 0. The highest BCUT2D eigenvalue weighted by Crippen LogP contribution is 1.45. The first-order valence-electron chi connectivity index (χ1n) is 1.38. The van der Waals surface area contributed by atoms with Crippen molar-refractivity contribution >= 4 is 15.9 Å². The van der Waals surface area contributed by atoms with E-state index >= 15 is 0 Å². The van der Waals surface area contributed by atoms with Crippen LogP contribution in [-0.2, 0) is 0 Å². The van der Waals surface area contributed by atoms with Crippen LogP contribution in [-0.4, -0.2) is 5.83 Å². The highest BCUT2D eigenvalue weighted by molar-refractivity contribution is 9.08. The van der Waals surface area contributed by atoms with Gasteiger partial charge in [0, 0.05) is 0 Å². The summed E-state index contributed by atoms with van der Waals surface area (Å²) in [6.07, 6.45) is 0. The Kier molecular flexibility index (Phi) is 205. The molecule has 0 aliphatic heterocycles. The van der Waals surface area contributed by atoms with E-state index in [1.807, 2.05) is 19.7 Å². The van der Waals surface area contributed by atoms with E-state index in [-0.39, 0.29) is 0 Å². The predicted octanol–water partition coefficient (Wildman–Crippen LogP) is 2.04. The summed E-state index contributed by atoms with van der Waals surface area (Å²) in [4.78, 5) is 0. The topological polar surface area (TPSA) is 0 Å². The van der Waals surface area contributed by atoms with Gasteiger partial charge in [-0.05, 0) is 5.83 Å². The molecule has 1 heteroatoms. The maximum atomic E-state index is 2.94. The van der Waals surface area contributed by atoms with Crippen molar-refractivity contribution in [1.29, 1.82) is 0 Å². The molecule has 0 rings (SSSR count). The Balaban J connectivity index is 0. The lowest BCUT2D eigenvalue weighted by atomic mass is 11.0. The van der Waals surface area contributed by atoms with Gasteiger partial charge in [0.25, 0.3) is 0 Å². The molecule has 0 nitrogen and oxygen atoms in total. The number of hydrogen-bond acceptors (Lipinski definition) is 0. The molecule has 0 heterocycles. The Morgan fingerprint density at radius 1 is 1.00 bits per heavy atom. The van der Waals surface area contributed by atoms with Gasteiger partial charge in [-0.1, -0.05) is 29.8 Å². The maximum absolute atomic E-state index is 2.94. The van der Waals surface area contributed by atoms with Crippen molar-refractivity contribution in [3.8, 4) is 0 Å². The van der Waals surface area contributed by atoms with Crippen LogP contribution in [0.15, 0.2) is 0 Å². The molecule has 0 fully saturated rings. The van der Waals surface area contributed by atoms with E-state index in [0.717, 1.165) is 0 Å². The lowest BCUT2D eigenvalue weighted by Gasteiger charge is -1.07. The molecule has 0 aliphatic rings. The Bertz CT molecular complexity index is 3.25. The third kappa shape index (κ3) is 23.6. The number of rotatable bonds is 0. The van der Waals surface area contributed by atoms with E-state index in [1.54, 1.807) is 0 Å². The summed E-state index contributed by atoms with van der Waals surface area (Å²) in [7, 11) is 0. The molecule has 0 radical (unpaired) electrons. The van der Waals surface area contributed by atoms with Gasteiger partial charge in [-0.15, -0.1) is 0 Å². The Labute approximate surface area is 36.3 Å². The predicted molar refractivity (Wildman–Crippen MR) is 26.2 cm³/mol. The van der Waals surface area contributed by atoms with Crippen LogP contribution in [0.5, 0.6) is 0 Å². The summed E-state index contributed by atoms with van der Waals surface area (Å²) in [6.45, 7) is 4.00. The highest BCUT2D eigenvalue weighted by atomic mass is 79.9. The third-order valence-electron chi connectivity index (χ3n) is 0. The molecule has 0 aromatic rings. The zero-order chi connectivity index (χ0) is 4.00. The number of hydrogen-bond donors (Lipinski definition) is 0. The Hall–Kier alpha value is 0.480. The largest absolute Gasteiger partial charge is 0.0966 e. The zero-order valence-corrected chi connectivity index (χ0v) is 4.96. The summed E-state index contributed by atoms with van der Waals surface area (Å²) >= 11 is 2.94. The van der Waals surface area contributed by atoms with Crippen LogP contribution < -0.4 is 0 Å². The molecule has 0 N–H and O–H groups in total. The van der Waals surface area contributed by atoms with Gasteiger partial charge in [-0.2, -0.15) is 0 Å². The molecule has 0 spiro atoms. The second-order valence-electron chi connectivity index (χ2n) is 0. The molecular weight excluding hydrogens is 116 g/mol. The van der Waals surface area contributed by atoms with Gasteiger partial charge in [-0.25, -0.2) is 0 Å². The molecule has 0 unspecified atom stereocenters. The van der Waals surface area contributed by atoms with Gasteiger partial charge in [-0.3, -0.25) is 0 Å². The molecule has 0 bridgehead atoms. The van der Waals surface area contributed by atoms with E-state index in [4.69, 9.17) is 0 Å². The summed E-state index contributed by atoms with van der Waals surface area (Å²) in [5.41, 5.74) is 0. The van der Waals surface area contributed by atoms with Gasteiger partial charge < -0.3 is 0 Å². The van der Waals surface area contributed by atoms with Gasteiger partial charge >= 0.3 is 0 Å². The van der Waals surface area contributed by atoms with Crippen molar-refractivity contribution in [2.75, 3.05) is 5.83 Å². The lowest BCUT2D eigenvalue weighted by molar-refractivity contribution is 1.50. The third-order valence-corrected chi connectivity index (χ3v) is 0. The quantitative estimate of drug-likeness (QED) is 0.434. The normalized spacial score (nSPS) is 3.00. The Morgan fingerprint density at radius 2 is 1.00 bits per heavy atom. The minimum atomic E-state index is 1.81. The van der Waals surface area contributed by atoms with Crippen molar-refractivity contribution in [3.63, 3.8) is 0 Å². The second-order valence-corrected chi connectivity index (χ2v) is 0. The average molecular weight is 125 g/mol. The smallest absolute Gasteiger partial charge is 0.00848 e. The monoisotopic (exact) mass is 124 g/mol. The van der Waals surface area contributed by atoms with Gasteiger partial charge in [0.05, 0.1) is 0 Å². The van der Waals surface area contributed by atoms with E-state index in [2.05, 4.69) is 15.9 Å². The average Bonchev–Trinajstić information content (AvgIpc) is 1.50. The summed E-state index contributed by atoms with van der Waals surface area (Å²) in [6, 6.07) is 0. The summed E-state index contributed by atoms with van der Waals surface area (Å²) < 4.78 is 0.